The predicted molar refractivity (Wildman–Crippen MR) is 61.0 cm³/mol. The molecule has 0 rings (SSSR count). The molecule has 0 saturated carbocycles. The second-order valence-electron chi connectivity index (χ2n) is 2.92. The zero-order valence-corrected chi connectivity index (χ0v) is 10.3. The minimum Gasteiger partial charge on any atom is -0.502 e. The highest BCUT2D eigenvalue weighted by Crippen LogP contribution is 2.45. The molecule has 6 heteroatoms. The molecule has 0 spiro atoms. The maximum Gasteiger partial charge on any atom is 0.473 e. The number of aliphatic hydroxyl groups excluding tert-OH is 1. The summed E-state index contributed by atoms with van der Waals surface area (Å²) < 4.78 is 20.8. The Bertz CT molecular complexity index is 330. The molecule has 0 fully saturated rings. The molecule has 92 valence electrons. The van der Waals surface area contributed by atoms with E-state index in [9.17, 15) is 14.6 Å². The number of hydrogen-bond acceptors (Lipinski definition) is 4. The van der Waals surface area contributed by atoms with Crippen LogP contribution in [0.3, 0.4) is 0 Å². The summed E-state index contributed by atoms with van der Waals surface area (Å²) in [7, 11) is -4.16. The molecule has 5 nitrogen and oxygen atoms in total. The number of phosphoric ester groups is 1. The molecule has 16 heavy (non-hydrogen) atoms. The Morgan fingerprint density at radius 1 is 1.69 bits per heavy atom. The standard InChI is InChI=1S/C10H17O5P/c1-4-7-10(9(11)6-3)15-16(12,13)14-8-5-2/h4,7,10-11H,3,5,8H2,1-2H3,(H,12,13)/b7-4+. The van der Waals surface area contributed by atoms with E-state index in [1.54, 1.807) is 19.9 Å². The molecular weight excluding hydrogens is 231 g/mol. The van der Waals surface area contributed by atoms with Crippen molar-refractivity contribution < 1.29 is 23.6 Å². The fourth-order valence-electron chi connectivity index (χ4n) is 0.832. The minimum absolute atomic E-state index is 0.106. The van der Waals surface area contributed by atoms with Crippen molar-refractivity contribution in [2.75, 3.05) is 6.61 Å². The fourth-order valence-corrected chi connectivity index (χ4v) is 1.76. The largest absolute Gasteiger partial charge is 0.502 e. The average Bonchev–Trinajstić information content (AvgIpc) is 2.24. The van der Waals surface area contributed by atoms with Gasteiger partial charge in [0.25, 0.3) is 0 Å². The lowest BCUT2D eigenvalue weighted by Gasteiger charge is -2.16. The third-order valence-corrected chi connectivity index (χ3v) is 2.53. The van der Waals surface area contributed by atoms with Crippen LogP contribution >= 0.6 is 7.82 Å². The van der Waals surface area contributed by atoms with E-state index in [0.29, 0.717) is 6.42 Å². The molecule has 0 bridgehead atoms. The Labute approximate surface area is 95.3 Å². The summed E-state index contributed by atoms with van der Waals surface area (Å²) in [6.45, 7) is 6.80. The van der Waals surface area contributed by atoms with Crippen molar-refractivity contribution in [2.45, 2.75) is 26.4 Å². The second-order valence-corrected chi connectivity index (χ2v) is 4.32. The highest BCUT2D eigenvalue weighted by atomic mass is 31.2. The molecule has 0 radical (unpaired) electrons. The van der Waals surface area contributed by atoms with Crippen LogP contribution in [-0.4, -0.2) is 22.7 Å². The van der Waals surface area contributed by atoms with E-state index < -0.39 is 13.9 Å². The summed E-state index contributed by atoms with van der Waals surface area (Å²) in [5, 5.41) is 9.32. The summed E-state index contributed by atoms with van der Waals surface area (Å²) in [6, 6.07) is 0. The van der Waals surface area contributed by atoms with Crippen molar-refractivity contribution in [3.8, 4) is 0 Å². The van der Waals surface area contributed by atoms with Crippen molar-refractivity contribution in [3.05, 3.63) is 30.2 Å². The zero-order valence-electron chi connectivity index (χ0n) is 9.42. The number of aliphatic hydroxyl groups is 1. The Hall–Kier alpha value is -0.830. The maximum absolute atomic E-state index is 11.4. The topological polar surface area (TPSA) is 76.0 Å². The minimum atomic E-state index is -4.16. The van der Waals surface area contributed by atoms with Gasteiger partial charge in [0.15, 0.2) is 11.9 Å². The van der Waals surface area contributed by atoms with Crippen LogP contribution in [0.15, 0.2) is 30.2 Å². The van der Waals surface area contributed by atoms with Gasteiger partial charge in [-0.3, -0.25) is 9.05 Å². The molecule has 0 aliphatic heterocycles. The predicted octanol–water partition coefficient (Wildman–Crippen LogP) is 2.70. The molecule has 2 N–H and O–H groups in total. The van der Waals surface area contributed by atoms with Crippen LogP contribution in [0.4, 0.5) is 0 Å². The van der Waals surface area contributed by atoms with Gasteiger partial charge in [-0.05, 0) is 13.3 Å². The second kappa shape index (κ2) is 7.44. The van der Waals surface area contributed by atoms with Crippen molar-refractivity contribution in [3.63, 3.8) is 0 Å². The summed E-state index contributed by atoms with van der Waals surface area (Å²) in [5.74, 6) is -0.368. The van der Waals surface area contributed by atoms with Crippen molar-refractivity contribution in [1.82, 2.24) is 0 Å². The van der Waals surface area contributed by atoms with Gasteiger partial charge in [0.1, 0.15) is 0 Å². The lowest BCUT2D eigenvalue weighted by atomic mass is 10.3. The smallest absolute Gasteiger partial charge is 0.473 e. The van der Waals surface area contributed by atoms with Crippen LogP contribution in [0.25, 0.3) is 0 Å². The Morgan fingerprint density at radius 3 is 2.75 bits per heavy atom. The van der Waals surface area contributed by atoms with Gasteiger partial charge in [-0.15, -0.1) is 0 Å². The van der Waals surface area contributed by atoms with Gasteiger partial charge < -0.3 is 10.00 Å². The van der Waals surface area contributed by atoms with Gasteiger partial charge >= 0.3 is 7.82 Å². The van der Waals surface area contributed by atoms with E-state index in [0.717, 1.165) is 0 Å². The van der Waals surface area contributed by atoms with Crippen molar-refractivity contribution in [2.24, 2.45) is 0 Å². The molecule has 0 saturated heterocycles. The Kier molecular flexibility index (Phi) is 7.06. The highest BCUT2D eigenvalue weighted by Gasteiger charge is 2.26. The lowest BCUT2D eigenvalue weighted by molar-refractivity contribution is 0.118. The normalized spacial score (nSPS) is 16.7. The van der Waals surface area contributed by atoms with Crippen molar-refractivity contribution >= 4 is 7.82 Å². The Balaban J connectivity index is 4.62. The summed E-state index contributed by atoms with van der Waals surface area (Å²) >= 11 is 0. The van der Waals surface area contributed by atoms with E-state index >= 15 is 0 Å². The van der Waals surface area contributed by atoms with Gasteiger partial charge in [-0.25, -0.2) is 4.57 Å². The number of hydrogen-bond donors (Lipinski definition) is 2. The van der Waals surface area contributed by atoms with Crippen LogP contribution in [0.5, 0.6) is 0 Å². The van der Waals surface area contributed by atoms with Gasteiger partial charge in [0, 0.05) is 0 Å². The summed E-state index contributed by atoms with van der Waals surface area (Å²) in [6.07, 6.45) is 2.48. The first-order chi connectivity index (χ1) is 7.46. The third kappa shape index (κ3) is 5.91. The molecule has 0 aromatic carbocycles. The van der Waals surface area contributed by atoms with Crippen molar-refractivity contribution in [1.29, 1.82) is 0 Å². The van der Waals surface area contributed by atoms with Gasteiger partial charge in [0.2, 0.25) is 0 Å². The molecule has 2 atom stereocenters. The van der Waals surface area contributed by atoms with Crippen LogP contribution in [-0.2, 0) is 13.6 Å². The maximum atomic E-state index is 11.4. The molecule has 0 heterocycles. The van der Waals surface area contributed by atoms with E-state index in [-0.39, 0.29) is 12.4 Å². The van der Waals surface area contributed by atoms with Crippen LogP contribution in [0, 0.1) is 0 Å². The first-order valence-electron chi connectivity index (χ1n) is 4.84. The number of phosphoric acid groups is 1. The van der Waals surface area contributed by atoms with E-state index in [4.69, 9.17) is 4.52 Å². The SMILES string of the molecule is C=C=C(O)C(/C=C/C)OP(=O)(O)OCCC. The average molecular weight is 248 g/mol. The molecule has 2 unspecified atom stereocenters. The van der Waals surface area contributed by atoms with Gasteiger partial charge in [-0.2, -0.15) is 0 Å². The lowest BCUT2D eigenvalue weighted by Crippen LogP contribution is -2.12. The van der Waals surface area contributed by atoms with E-state index in [2.05, 4.69) is 16.8 Å². The van der Waals surface area contributed by atoms with E-state index in [1.165, 1.54) is 6.08 Å². The van der Waals surface area contributed by atoms with Gasteiger partial charge in [-0.1, -0.05) is 31.4 Å². The van der Waals surface area contributed by atoms with Crippen LogP contribution in [0.2, 0.25) is 0 Å². The molecule has 0 aromatic rings. The molecule has 0 aliphatic carbocycles. The highest BCUT2D eigenvalue weighted by molar-refractivity contribution is 7.47. The number of rotatable bonds is 7. The van der Waals surface area contributed by atoms with E-state index in [1.807, 2.05) is 0 Å². The summed E-state index contributed by atoms with van der Waals surface area (Å²) in [5.41, 5.74) is 2.19. The quantitative estimate of drug-likeness (QED) is 0.313. The molecular formula is C10H17O5P. The number of allylic oxidation sites excluding steroid dienone is 1. The zero-order chi connectivity index (χ0) is 12.6. The van der Waals surface area contributed by atoms with Crippen LogP contribution < -0.4 is 0 Å². The fraction of sp³-hybridized carbons (Fsp3) is 0.500. The Morgan fingerprint density at radius 2 is 2.31 bits per heavy atom. The first kappa shape index (κ1) is 15.2. The molecule has 0 aromatic heterocycles. The molecule has 0 amide bonds. The first-order valence-corrected chi connectivity index (χ1v) is 6.33. The van der Waals surface area contributed by atoms with Gasteiger partial charge in [0.05, 0.1) is 6.61 Å². The monoisotopic (exact) mass is 248 g/mol. The van der Waals surface area contributed by atoms with Crippen LogP contribution in [0.1, 0.15) is 20.3 Å². The summed E-state index contributed by atoms with van der Waals surface area (Å²) in [4.78, 5) is 9.29. The molecule has 0 aliphatic rings. The third-order valence-electron chi connectivity index (χ3n) is 1.52.